The Labute approximate surface area is 147 Å². The van der Waals surface area contributed by atoms with Crippen LogP contribution < -0.4 is 15.4 Å². The van der Waals surface area contributed by atoms with Crippen LogP contribution in [0.3, 0.4) is 0 Å². The van der Waals surface area contributed by atoms with E-state index in [1.165, 1.54) is 7.11 Å². The number of amides is 2. The van der Waals surface area contributed by atoms with Gasteiger partial charge in [-0.25, -0.2) is 8.42 Å². The Hall–Kier alpha value is -2.09. The van der Waals surface area contributed by atoms with E-state index in [1.54, 1.807) is 12.1 Å². The number of carbonyl (C=O) groups excluding carboxylic acids is 2. The molecular formula is C17H22N2O5S. The number of rotatable bonds is 5. The Bertz CT molecular complexity index is 814. The van der Waals surface area contributed by atoms with Crippen LogP contribution in [0.15, 0.2) is 18.2 Å². The van der Waals surface area contributed by atoms with Gasteiger partial charge >= 0.3 is 0 Å². The molecule has 8 heteroatoms. The molecule has 2 aliphatic rings. The summed E-state index contributed by atoms with van der Waals surface area (Å²) >= 11 is 0. The molecule has 0 bridgehead atoms. The number of hydrogen-bond acceptors (Lipinski definition) is 5. The Balaban J connectivity index is 1.69. The largest absolute Gasteiger partial charge is 0.495 e. The lowest BCUT2D eigenvalue weighted by atomic mass is 10.0. The van der Waals surface area contributed by atoms with Gasteiger partial charge in [-0.15, -0.1) is 0 Å². The van der Waals surface area contributed by atoms with Gasteiger partial charge in [0.05, 0.1) is 24.3 Å². The number of methoxy groups -OCH3 is 1. The highest BCUT2D eigenvalue weighted by atomic mass is 32.2. The van der Waals surface area contributed by atoms with Crippen molar-refractivity contribution in [3.63, 3.8) is 0 Å². The fourth-order valence-corrected chi connectivity index (χ4v) is 4.75. The smallest absolute Gasteiger partial charge is 0.240 e. The summed E-state index contributed by atoms with van der Waals surface area (Å²) in [5, 5.41) is 5.52. The monoisotopic (exact) mass is 366 g/mol. The van der Waals surface area contributed by atoms with Crippen molar-refractivity contribution in [1.82, 2.24) is 5.32 Å². The highest BCUT2D eigenvalue weighted by Gasteiger charge is 2.57. The first-order chi connectivity index (χ1) is 11.8. The molecule has 1 aromatic rings. The highest BCUT2D eigenvalue weighted by Crippen LogP contribution is 2.47. The van der Waals surface area contributed by atoms with E-state index in [2.05, 4.69) is 10.6 Å². The van der Waals surface area contributed by atoms with Gasteiger partial charge in [0.2, 0.25) is 11.8 Å². The Morgan fingerprint density at radius 2 is 1.96 bits per heavy atom. The van der Waals surface area contributed by atoms with Crippen molar-refractivity contribution in [2.45, 2.75) is 32.2 Å². The first kappa shape index (κ1) is 17.7. The van der Waals surface area contributed by atoms with Gasteiger partial charge < -0.3 is 15.4 Å². The maximum atomic E-state index is 12.7. The van der Waals surface area contributed by atoms with Crippen LogP contribution in [0, 0.1) is 12.3 Å². The molecule has 1 saturated carbocycles. The second kappa shape index (κ2) is 6.33. The SMILES string of the molecule is COc1ccc(C)cc1NC(=O)C1(C(=O)NC2CCS(=O)(=O)C2)CC1. The number of carbonyl (C=O) groups is 2. The highest BCUT2D eigenvalue weighted by molar-refractivity contribution is 7.91. The van der Waals surface area contributed by atoms with E-state index >= 15 is 0 Å². The summed E-state index contributed by atoms with van der Waals surface area (Å²) in [6, 6.07) is 5.01. The molecule has 1 saturated heterocycles. The van der Waals surface area contributed by atoms with Gasteiger partial charge in [0.1, 0.15) is 11.2 Å². The van der Waals surface area contributed by atoms with Crippen molar-refractivity contribution < 1.29 is 22.7 Å². The van der Waals surface area contributed by atoms with Gasteiger partial charge in [-0.1, -0.05) is 6.07 Å². The average Bonchev–Trinajstić information content (AvgIpc) is 3.28. The molecule has 1 unspecified atom stereocenters. The van der Waals surface area contributed by atoms with Gasteiger partial charge in [0.15, 0.2) is 9.84 Å². The normalized spacial score (nSPS) is 22.9. The van der Waals surface area contributed by atoms with Crippen molar-refractivity contribution >= 4 is 27.3 Å². The molecular weight excluding hydrogens is 344 g/mol. The molecule has 2 amide bonds. The fraction of sp³-hybridized carbons (Fsp3) is 0.529. The van der Waals surface area contributed by atoms with E-state index in [0.717, 1.165) is 5.56 Å². The quantitative estimate of drug-likeness (QED) is 0.758. The zero-order chi connectivity index (χ0) is 18.2. The molecule has 1 aliphatic carbocycles. The molecule has 3 rings (SSSR count). The molecule has 0 spiro atoms. The van der Waals surface area contributed by atoms with Crippen LogP contribution in [0.2, 0.25) is 0 Å². The zero-order valence-corrected chi connectivity index (χ0v) is 15.1. The average molecular weight is 366 g/mol. The van der Waals surface area contributed by atoms with Gasteiger partial charge in [-0.3, -0.25) is 9.59 Å². The third-order valence-electron chi connectivity index (χ3n) is 4.79. The molecule has 136 valence electrons. The van der Waals surface area contributed by atoms with E-state index in [9.17, 15) is 18.0 Å². The van der Waals surface area contributed by atoms with Crippen molar-refractivity contribution in [3.05, 3.63) is 23.8 Å². The number of hydrogen-bond donors (Lipinski definition) is 2. The first-order valence-corrected chi connectivity index (χ1v) is 10.1. The minimum absolute atomic E-state index is 0.0534. The molecule has 2 N–H and O–H groups in total. The van der Waals surface area contributed by atoms with E-state index in [-0.39, 0.29) is 17.4 Å². The van der Waals surface area contributed by atoms with Gasteiger partial charge in [-0.05, 0) is 43.9 Å². The lowest BCUT2D eigenvalue weighted by Crippen LogP contribution is -2.45. The summed E-state index contributed by atoms with van der Waals surface area (Å²) < 4.78 is 28.3. The molecule has 1 aromatic carbocycles. The summed E-state index contributed by atoms with van der Waals surface area (Å²) in [4.78, 5) is 25.2. The lowest BCUT2D eigenvalue weighted by Gasteiger charge is -2.19. The van der Waals surface area contributed by atoms with Crippen LogP contribution in [0.4, 0.5) is 5.69 Å². The number of anilines is 1. The van der Waals surface area contributed by atoms with Gasteiger partial charge in [0, 0.05) is 6.04 Å². The number of benzene rings is 1. The molecule has 2 fully saturated rings. The summed E-state index contributed by atoms with van der Waals surface area (Å²) in [6.45, 7) is 1.90. The summed E-state index contributed by atoms with van der Waals surface area (Å²) in [5.41, 5.74) is 0.373. The fourth-order valence-electron chi connectivity index (χ4n) is 3.08. The number of aryl methyl sites for hydroxylation is 1. The predicted octanol–water partition coefficient (Wildman–Crippen LogP) is 1.03. The number of nitrogens with one attached hydrogen (secondary N) is 2. The lowest BCUT2D eigenvalue weighted by molar-refractivity contribution is -0.134. The molecule has 1 atom stereocenters. The minimum atomic E-state index is -3.08. The third-order valence-corrected chi connectivity index (χ3v) is 6.56. The van der Waals surface area contributed by atoms with Crippen molar-refractivity contribution in [1.29, 1.82) is 0 Å². The van der Waals surface area contributed by atoms with Crippen LogP contribution in [0.25, 0.3) is 0 Å². The maximum absolute atomic E-state index is 12.7. The number of sulfone groups is 1. The third kappa shape index (κ3) is 3.63. The summed E-state index contributed by atoms with van der Waals surface area (Å²) in [7, 11) is -1.57. The second-order valence-corrected chi connectivity index (χ2v) is 9.04. The second-order valence-electron chi connectivity index (χ2n) is 6.81. The van der Waals surface area contributed by atoms with E-state index in [4.69, 9.17) is 4.74 Å². The van der Waals surface area contributed by atoms with Crippen molar-refractivity contribution in [2.75, 3.05) is 23.9 Å². The van der Waals surface area contributed by atoms with Crippen LogP contribution in [0.5, 0.6) is 5.75 Å². The Kier molecular flexibility index (Phi) is 4.49. The Morgan fingerprint density at radius 3 is 2.52 bits per heavy atom. The molecule has 0 aromatic heterocycles. The van der Waals surface area contributed by atoms with Crippen LogP contribution in [0.1, 0.15) is 24.8 Å². The standard InChI is InChI=1S/C17H22N2O5S/c1-11-3-4-14(24-2)13(9-11)19-16(21)17(6-7-17)15(20)18-12-5-8-25(22,23)10-12/h3-4,9,12H,5-8,10H2,1-2H3,(H,18,20)(H,19,21). The van der Waals surface area contributed by atoms with Crippen LogP contribution >= 0.6 is 0 Å². The first-order valence-electron chi connectivity index (χ1n) is 8.23. The minimum Gasteiger partial charge on any atom is -0.495 e. The van der Waals surface area contributed by atoms with E-state index in [0.29, 0.717) is 30.7 Å². The van der Waals surface area contributed by atoms with Crippen LogP contribution in [-0.2, 0) is 19.4 Å². The van der Waals surface area contributed by atoms with E-state index < -0.39 is 27.2 Å². The predicted molar refractivity (Wildman–Crippen MR) is 93.2 cm³/mol. The molecule has 7 nitrogen and oxygen atoms in total. The Morgan fingerprint density at radius 1 is 1.24 bits per heavy atom. The molecule has 0 radical (unpaired) electrons. The summed E-state index contributed by atoms with van der Waals surface area (Å²) in [5.74, 6) is -0.217. The van der Waals surface area contributed by atoms with Gasteiger partial charge in [0.25, 0.3) is 0 Å². The molecule has 1 heterocycles. The van der Waals surface area contributed by atoms with Crippen molar-refractivity contribution in [2.24, 2.45) is 5.41 Å². The topological polar surface area (TPSA) is 102 Å². The zero-order valence-electron chi connectivity index (χ0n) is 14.3. The van der Waals surface area contributed by atoms with Crippen LogP contribution in [-0.4, -0.2) is 44.9 Å². The maximum Gasteiger partial charge on any atom is 0.240 e. The summed E-state index contributed by atoms with van der Waals surface area (Å²) in [6.07, 6.45) is 1.31. The van der Waals surface area contributed by atoms with E-state index in [1.807, 2.05) is 13.0 Å². The molecule has 25 heavy (non-hydrogen) atoms. The number of ether oxygens (including phenoxy) is 1. The van der Waals surface area contributed by atoms with Gasteiger partial charge in [-0.2, -0.15) is 0 Å². The van der Waals surface area contributed by atoms with Crippen molar-refractivity contribution in [3.8, 4) is 5.75 Å². The molecule has 1 aliphatic heterocycles.